The number of nitrogens with zero attached hydrogens (tertiary/aromatic N) is 1. The van der Waals surface area contributed by atoms with Crippen LogP contribution >= 0.6 is 0 Å². The van der Waals surface area contributed by atoms with E-state index in [1.165, 1.54) is 11.8 Å². The molecule has 22 heavy (non-hydrogen) atoms. The van der Waals surface area contributed by atoms with Crippen LogP contribution in [0.25, 0.3) is 22.6 Å². The van der Waals surface area contributed by atoms with Gasteiger partial charge in [-0.05, 0) is 22.6 Å². The topological polar surface area (TPSA) is 58.9 Å². The molecule has 4 heteroatoms. The van der Waals surface area contributed by atoms with Gasteiger partial charge in [-0.1, -0.05) is 45.0 Å². The standard InChI is InChI=1S/C18H18N2O2/c1-18(2,3)14-6-4-12(5-7-14)15-10-13(11-20-16(15)21)17-19-8-9-22-17/h4-11H,1-3H3,(H,20,21). The van der Waals surface area contributed by atoms with Gasteiger partial charge in [0.25, 0.3) is 5.56 Å². The van der Waals surface area contributed by atoms with E-state index in [-0.39, 0.29) is 11.0 Å². The molecule has 4 nitrogen and oxygen atoms in total. The molecule has 112 valence electrons. The van der Waals surface area contributed by atoms with E-state index in [4.69, 9.17) is 4.42 Å². The van der Waals surface area contributed by atoms with Crippen molar-refractivity contribution in [1.82, 2.24) is 9.97 Å². The first-order valence-corrected chi connectivity index (χ1v) is 7.19. The summed E-state index contributed by atoms with van der Waals surface area (Å²) >= 11 is 0. The SMILES string of the molecule is CC(C)(C)c1ccc(-c2cc(-c3ncco3)c[nH]c2=O)cc1. The molecule has 0 saturated heterocycles. The highest BCUT2D eigenvalue weighted by atomic mass is 16.3. The van der Waals surface area contributed by atoms with E-state index in [0.29, 0.717) is 11.5 Å². The second kappa shape index (κ2) is 5.30. The normalized spacial score (nSPS) is 11.6. The fraction of sp³-hybridized carbons (Fsp3) is 0.222. The molecule has 0 radical (unpaired) electrons. The Hall–Kier alpha value is -2.62. The van der Waals surface area contributed by atoms with Gasteiger partial charge in [-0.25, -0.2) is 4.98 Å². The van der Waals surface area contributed by atoms with Crippen LogP contribution in [0.5, 0.6) is 0 Å². The first-order valence-electron chi connectivity index (χ1n) is 7.19. The number of oxazole rings is 1. The van der Waals surface area contributed by atoms with Gasteiger partial charge in [0, 0.05) is 11.8 Å². The molecule has 0 bridgehead atoms. The van der Waals surface area contributed by atoms with Crippen molar-refractivity contribution < 1.29 is 4.42 Å². The molecular weight excluding hydrogens is 276 g/mol. The van der Waals surface area contributed by atoms with Gasteiger partial charge in [0.2, 0.25) is 5.89 Å². The van der Waals surface area contributed by atoms with Gasteiger partial charge in [0.05, 0.1) is 11.8 Å². The van der Waals surface area contributed by atoms with Gasteiger partial charge in [-0.3, -0.25) is 4.79 Å². The third-order valence-corrected chi connectivity index (χ3v) is 3.64. The van der Waals surface area contributed by atoms with Crippen molar-refractivity contribution >= 4 is 0 Å². The summed E-state index contributed by atoms with van der Waals surface area (Å²) in [5.74, 6) is 0.490. The van der Waals surface area contributed by atoms with Crippen molar-refractivity contribution in [3.63, 3.8) is 0 Å². The van der Waals surface area contributed by atoms with Gasteiger partial charge in [0.1, 0.15) is 6.26 Å². The van der Waals surface area contributed by atoms with E-state index in [2.05, 4.69) is 42.9 Å². The smallest absolute Gasteiger partial charge is 0.255 e. The number of hydrogen-bond donors (Lipinski definition) is 1. The number of pyridine rings is 1. The minimum absolute atomic E-state index is 0.0882. The van der Waals surface area contributed by atoms with E-state index in [0.717, 1.165) is 11.1 Å². The van der Waals surface area contributed by atoms with Crippen molar-refractivity contribution in [1.29, 1.82) is 0 Å². The minimum atomic E-state index is -0.126. The number of aromatic amines is 1. The largest absolute Gasteiger partial charge is 0.444 e. The molecule has 3 rings (SSSR count). The number of hydrogen-bond acceptors (Lipinski definition) is 3. The van der Waals surface area contributed by atoms with Crippen LogP contribution in [0.4, 0.5) is 0 Å². The van der Waals surface area contributed by atoms with Crippen LogP contribution in [0, 0.1) is 0 Å². The Morgan fingerprint density at radius 3 is 2.41 bits per heavy atom. The van der Waals surface area contributed by atoms with Crippen LogP contribution in [0.2, 0.25) is 0 Å². The third-order valence-electron chi connectivity index (χ3n) is 3.64. The molecule has 2 aromatic heterocycles. The molecule has 0 saturated carbocycles. The summed E-state index contributed by atoms with van der Waals surface area (Å²) in [7, 11) is 0. The first-order chi connectivity index (χ1) is 10.4. The van der Waals surface area contributed by atoms with Crippen molar-refractivity contribution in [3.05, 3.63) is 64.9 Å². The Morgan fingerprint density at radius 2 is 1.82 bits per heavy atom. The molecule has 0 spiro atoms. The van der Waals surface area contributed by atoms with E-state index >= 15 is 0 Å². The highest BCUT2D eigenvalue weighted by Gasteiger charge is 2.14. The lowest BCUT2D eigenvalue weighted by atomic mass is 9.86. The average Bonchev–Trinajstić information content (AvgIpc) is 3.01. The second-order valence-electron chi connectivity index (χ2n) is 6.30. The van der Waals surface area contributed by atoms with Crippen molar-refractivity contribution in [3.8, 4) is 22.6 Å². The Labute approximate surface area is 128 Å². The zero-order valence-corrected chi connectivity index (χ0v) is 12.9. The fourth-order valence-corrected chi connectivity index (χ4v) is 2.34. The summed E-state index contributed by atoms with van der Waals surface area (Å²) < 4.78 is 5.28. The van der Waals surface area contributed by atoms with Gasteiger partial charge in [0.15, 0.2) is 0 Å². The summed E-state index contributed by atoms with van der Waals surface area (Å²) in [6.07, 6.45) is 4.71. The molecular formula is C18H18N2O2. The minimum Gasteiger partial charge on any atom is -0.444 e. The number of benzene rings is 1. The average molecular weight is 294 g/mol. The Morgan fingerprint density at radius 1 is 1.09 bits per heavy atom. The first kappa shape index (κ1) is 14.3. The summed E-state index contributed by atoms with van der Waals surface area (Å²) in [4.78, 5) is 19.0. The van der Waals surface area contributed by atoms with Crippen LogP contribution in [-0.4, -0.2) is 9.97 Å². The molecule has 0 aliphatic carbocycles. The molecule has 1 aromatic carbocycles. The van der Waals surface area contributed by atoms with Crippen LogP contribution in [-0.2, 0) is 5.41 Å². The number of nitrogens with one attached hydrogen (secondary N) is 1. The maximum atomic E-state index is 12.1. The maximum absolute atomic E-state index is 12.1. The van der Waals surface area contributed by atoms with Gasteiger partial charge in [-0.15, -0.1) is 0 Å². The molecule has 0 atom stereocenters. The zero-order valence-electron chi connectivity index (χ0n) is 12.9. The van der Waals surface area contributed by atoms with E-state index in [1.807, 2.05) is 12.1 Å². The van der Waals surface area contributed by atoms with Gasteiger partial charge in [-0.2, -0.15) is 0 Å². The van der Waals surface area contributed by atoms with Crippen molar-refractivity contribution in [2.45, 2.75) is 26.2 Å². The van der Waals surface area contributed by atoms with E-state index < -0.39 is 0 Å². The monoisotopic (exact) mass is 294 g/mol. The van der Waals surface area contributed by atoms with Crippen molar-refractivity contribution in [2.24, 2.45) is 0 Å². The van der Waals surface area contributed by atoms with Gasteiger partial charge < -0.3 is 9.40 Å². The Kier molecular flexibility index (Phi) is 3.45. The predicted molar refractivity (Wildman–Crippen MR) is 86.7 cm³/mol. The molecule has 1 N–H and O–H groups in total. The lowest BCUT2D eigenvalue weighted by molar-refractivity contribution is 0.574. The summed E-state index contributed by atoms with van der Waals surface area (Å²) in [5, 5.41) is 0. The van der Waals surface area contributed by atoms with Crippen LogP contribution < -0.4 is 5.56 Å². The lowest BCUT2D eigenvalue weighted by Crippen LogP contribution is -2.11. The van der Waals surface area contributed by atoms with Gasteiger partial charge >= 0.3 is 0 Å². The van der Waals surface area contributed by atoms with Crippen molar-refractivity contribution in [2.75, 3.05) is 0 Å². The predicted octanol–water partition coefficient (Wildman–Crippen LogP) is 3.99. The summed E-state index contributed by atoms with van der Waals surface area (Å²) in [6.45, 7) is 6.49. The molecule has 0 unspecified atom stereocenters. The molecule has 3 aromatic rings. The molecule has 0 aliphatic rings. The summed E-state index contributed by atoms with van der Waals surface area (Å²) in [5.41, 5.74) is 3.43. The highest BCUT2D eigenvalue weighted by molar-refractivity contribution is 5.68. The quantitative estimate of drug-likeness (QED) is 0.777. The number of H-pyrrole nitrogens is 1. The molecule has 0 fully saturated rings. The van der Waals surface area contributed by atoms with E-state index in [9.17, 15) is 4.79 Å². The molecule has 2 heterocycles. The number of rotatable bonds is 2. The van der Waals surface area contributed by atoms with Crippen LogP contribution in [0.15, 0.2) is 58.2 Å². The molecule has 0 amide bonds. The Bertz CT molecular complexity index is 823. The third kappa shape index (κ3) is 2.72. The lowest BCUT2D eigenvalue weighted by Gasteiger charge is -2.19. The van der Waals surface area contributed by atoms with Crippen LogP contribution in [0.3, 0.4) is 0 Å². The molecule has 0 aliphatic heterocycles. The zero-order chi connectivity index (χ0) is 15.7. The highest BCUT2D eigenvalue weighted by Crippen LogP contribution is 2.26. The second-order valence-corrected chi connectivity index (χ2v) is 6.30. The summed E-state index contributed by atoms with van der Waals surface area (Å²) in [6, 6.07) is 9.88. The van der Waals surface area contributed by atoms with E-state index in [1.54, 1.807) is 18.5 Å². The van der Waals surface area contributed by atoms with Crippen LogP contribution in [0.1, 0.15) is 26.3 Å². The Balaban J connectivity index is 2.04. The maximum Gasteiger partial charge on any atom is 0.255 e. The number of aromatic nitrogens is 2. The fourth-order valence-electron chi connectivity index (χ4n) is 2.34.